The average Bonchev–Trinajstić information content (AvgIpc) is 3.15. The molecule has 0 saturated carbocycles. The number of carboxylic acids is 1. The van der Waals surface area contributed by atoms with Crippen LogP contribution in [0.1, 0.15) is 29.9 Å². The maximum absolute atomic E-state index is 15.3. The maximum Gasteiger partial charge on any atom is 0.335 e. The van der Waals surface area contributed by atoms with Crippen LogP contribution in [-0.4, -0.2) is 34.5 Å². The molecule has 5 nitrogen and oxygen atoms in total. The molecule has 3 aromatic carbocycles. The lowest BCUT2D eigenvalue weighted by Crippen LogP contribution is -2.27. The third-order valence-electron chi connectivity index (χ3n) is 5.69. The Balaban J connectivity index is 2.19. The number of aromatic hydroxyl groups is 1. The second-order valence-electron chi connectivity index (χ2n) is 8.52. The van der Waals surface area contributed by atoms with Crippen LogP contribution >= 0.6 is 0 Å². The molecule has 0 aliphatic rings. The first kappa shape index (κ1) is 22.5. The Morgan fingerprint density at radius 3 is 2.21 bits per heavy atom. The summed E-state index contributed by atoms with van der Waals surface area (Å²) in [5.41, 5.74) is 1.86. The van der Waals surface area contributed by atoms with E-state index in [1.165, 1.54) is 36.4 Å². The van der Waals surface area contributed by atoms with E-state index in [1.807, 2.05) is 13.8 Å². The Morgan fingerprint density at radius 1 is 1.00 bits per heavy atom. The molecule has 1 heterocycles. The molecule has 4 aromatic rings. The van der Waals surface area contributed by atoms with E-state index < -0.39 is 23.0 Å². The number of hydrogen-bond donors (Lipinski definition) is 2. The number of carboxylic acid groups (broad SMARTS) is 1. The first-order valence-corrected chi connectivity index (χ1v) is 10.3. The number of hydrogen-bond acceptors (Lipinski definition) is 3. The van der Waals surface area contributed by atoms with E-state index in [0.717, 1.165) is 0 Å². The van der Waals surface area contributed by atoms with Crippen LogP contribution in [0.2, 0.25) is 0 Å². The molecule has 0 radical (unpaired) electrons. The van der Waals surface area contributed by atoms with Gasteiger partial charge in [-0.3, -0.25) is 0 Å². The largest absolute Gasteiger partial charge is 0.507 e. The molecule has 1 aromatic heterocycles. The van der Waals surface area contributed by atoms with Crippen LogP contribution in [-0.2, 0) is 10.2 Å². The first-order chi connectivity index (χ1) is 15.7. The summed E-state index contributed by atoms with van der Waals surface area (Å²) in [6, 6.07) is 14.3. The van der Waals surface area contributed by atoms with E-state index in [4.69, 9.17) is 4.74 Å². The molecular formula is C26H23F2NO4. The number of ether oxygens (including phenoxy) is 1. The van der Waals surface area contributed by atoms with E-state index in [-0.39, 0.29) is 28.8 Å². The normalized spacial score (nSPS) is 11.8. The number of methoxy groups -OCH3 is 1. The van der Waals surface area contributed by atoms with Gasteiger partial charge in [-0.05, 0) is 54.1 Å². The monoisotopic (exact) mass is 451 g/mol. The highest BCUT2D eigenvalue weighted by atomic mass is 19.1. The van der Waals surface area contributed by atoms with Crippen molar-refractivity contribution in [1.29, 1.82) is 0 Å². The summed E-state index contributed by atoms with van der Waals surface area (Å²) < 4.78 is 36.2. The van der Waals surface area contributed by atoms with Gasteiger partial charge in [-0.2, -0.15) is 0 Å². The van der Waals surface area contributed by atoms with Crippen molar-refractivity contribution >= 4 is 16.9 Å². The second-order valence-corrected chi connectivity index (χ2v) is 8.52. The average molecular weight is 451 g/mol. The molecule has 0 aliphatic heterocycles. The third kappa shape index (κ3) is 3.85. The number of aromatic nitrogens is 1. The van der Waals surface area contributed by atoms with E-state index >= 15 is 4.39 Å². The molecule has 0 bridgehead atoms. The second kappa shape index (κ2) is 8.33. The molecule has 170 valence electrons. The van der Waals surface area contributed by atoms with Crippen molar-refractivity contribution in [3.8, 4) is 22.6 Å². The van der Waals surface area contributed by atoms with Crippen molar-refractivity contribution in [1.82, 2.24) is 4.57 Å². The molecule has 4 rings (SSSR count). The Labute approximate surface area is 189 Å². The van der Waals surface area contributed by atoms with Crippen molar-refractivity contribution in [2.75, 3.05) is 13.7 Å². The highest BCUT2D eigenvalue weighted by molar-refractivity contribution is 6.04. The minimum atomic E-state index is -1.07. The van der Waals surface area contributed by atoms with Gasteiger partial charge in [0.25, 0.3) is 0 Å². The van der Waals surface area contributed by atoms with Gasteiger partial charge in [-0.25, -0.2) is 13.6 Å². The van der Waals surface area contributed by atoms with Crippen LogP contribution in [0.15, 0.2) is 60.7 Å². The minimum absolute atomic E-state index is 0.106. The number of carbonyl (C=O) groups is 1. The Morgan fingerprint density at radius 2 is 1.64 bits per heavy atom. The summed E-state index contributed by atoms with van der Waals surface area (Å²) >= 11 is 0. The van der Waals surface area contributed by atoms with Gasteiger partial charge in [0.2, 0.25) is 0 Å². The fraction of sp³-hybridized carbons (Fsp3) is 0.192. The zero-order chi connectivity index (χ0) is 23.9. The Hall–Kier alpha value is -3.71. The number of rotatable bonds is 6. The highest BCUT2D eigenvalue weighted by Crippen LogP contribution is 2.46. The zero-order valence-electron chi connectivity index (χ0n) is 18.4. The molecule has 0 amide bonds. The molecule has 0 saturated heterocycles. The predicted octanol–water partition coefficient (Wildman–Crippen LogP) is 5.90. The van der Waals surface area contributed by atoms with Crippen LogP contribution in [0.5, 0.6) is 5.75 Å². The van der Waals surface area contributed by atoms with Gasteiger partial charge >= 0.3 is 5.97 Å². The van der Waals surface area contributed by atoms with Crippen molar-refractivity contribution in [2.24, 2.45) is 0 Å². The van der Waals surface area contributed by atoms with Gasteiger partial charge in [0.15, 0.2) is 0 Å². The molecule has 2 N–H and O–H groups in total. The summed E-state index contributed by atoms with van der Waals surface area (Å²) in [6.45, 7) is 4.12. The van der Waals surface area contributed by atoms with E-state index in [9.17, 15) is 19.4 Å². The van der Waals surface area contributed by atoms with Crippen molar-refractivity contribution < 1.29 is 28.5 Å². The van der Waals surface area contributed by atoms with Crippen molar-refractivity contribution in [3.63, 3.8) is 0 Å². The molecule has 0 spiro atoms. The van der Waals surface area contributed by atoms with Crippen LogP contribution in [0.4, 0.5) is 8.78 Å². The third-order valence-corrected chi connectivity index (χ3v) is 5.69. The smallest absolute Gasteiger partial charge is 0.335 e. The predicted molar refractivity (Wildman–Crippen MR) is 122 cm³/mol. The van der Waals surface area contributed by atoms with E-state index in [0.29, 0.717) is 22.5 Å². The summed E-state index contributed by atoms with van der Waals surface area (Å²) in [5, 5.41) is 20.4. The van der Waals surface area contributed by atoms with Crippen LogP contribution in [0.25, 0.3) is 27.7 Å². The highest BCUT2D eigenvalue weighted by Gasteiger charge is 2.34. The SMILES string of the molecule is COCC(C)(C)c1c(-c2ccc(C(=O)O)cc2)c2c(O)ccc(F)c2n1-c1ccc(F)cc1. The maximum atomic E-state index is 15.3. The molecule has 7 heteroatoms. The molecular weight excluding hydrogens is 428 g/mol. The molecule has 33 heavy (non-hydrogen) atoms. The number of fused-ring (bicyclic) bond motifs is 1. The molecule has 0 aliphatic carbocycles. The number of benzene rings is 3. The van der Waals surface area contributed by atoms with Crippen LogP contribution < -0.4 is 0 Å². The first-order valence-electron chi connectivity index (χ1n) is 10.3. The van der Waals surface area contributed by atoms with Crippen LogP contribution in [0.3, 0.4) is 0 Å². The molecule has 0 unspecified atom stereocenters. The van der Waals surface area contributed by atoms with Gasteiger partial charge < -0.3 is 19.5 Å². The zero-order valence-corrected chi connectivity index (χ0v) is 18.4. The summed E-state index contributed by atoms with van der Waals surface area (Å²) in [7, 11) is 1.56. The van der Waals surface area contributed by atoms with Crippen molar-refractivity contribution in [2.45, 2.75) is 19.3 Å². The number of halogens is 2. The topological polar surface area (TPSA) is 71.7 Å². The summed E-state index contributed by atoms with van der Waals surface area (Å²) in [6.07, 6.45) is 0. The fourth-order valence-corrected chi connectivity index (χ4v) is 4.34. The summed E-state index contributed by atoms with van der Waals surface area (Å²) in [4.78, 5) is 11.3. The quantitative estimate of drug-likeness (QED) is 0.383. The van der Waals surface area contributed by atoms with Gasteiger partial charge in [0.05, 0.1) is 23.1 Å². The fourth-order valence-electron chi connectivity index (χ4n) is 4.34. The van der Waals surface area contributed by atoms with E-state index in [1.54, 1.807) is 35.9 Å². The molecule has 0 fully saturated rings. The lowest BCUT2D eigenvalue weighted by Gasteiger charge is -2.28. The molecule has 0 atom stereocenters. The lowest BCUT2D eigenvalue weighted by molar-refractivity contribution is 0.0697. The van der Waals surface area contributed by atoms with E-state index in [2.05, 4.69) is 0 Å². The van der Waals surface area contributed by atoms with Gasteiger partial charge in [-0.15, -0.1) is 0 Å². The summed E-state index contributed by atoms with van der Waals surface area (Å²) in [5.74, 6) is -2.18. The number of aromatic carboxylic acids is 1. The Bertz CT molecular complexity index is 1340. The van der Waals surface area contributed by atoms with Gasteiger partial charge in [0, 0.05) is 29.5 Å². The van der Waals surface area contributed by atoms with Crippen molar-refractivity contribution in [3.05, 3.63) is 83.6 Å². The standard InChI is InChI=1S/C26H23F2NO4/c1-26(2,14-33-3)24-21(15-4-6-16(7-5-15)25(31)32)22-20(30)13-12-19(28)23(22)29(24)18-10-8-17(27)9-11-18/h4-13,30H,14H2,1-3H3,(H,31,32). The minimum Gasteiger partial charge on any atom is -0.507 e. The lowest BCUT2D eigenvalue weighted by atomic mass is 9.84. The van der Waals surface area contributed by atoms with Gasteiger partial charge in [0.1, 0.15) is 17.4 Å². The Kier molecular flexibility index (Phi) is 5.68. The van der Waals surface area contributed by atoms with Crippen LogP contribution in [0, 0.1) is 11.6 Å². The number of phenolic OH excluding ortho intramolecular Hbond substituents is 1. The van der Waals surface area contributed by atoms with Gasteiger partial charge in [-0.1, -0.05) is 26.0 Å². The number of phenols is 1. The number of nitrogens with zero attached hydrogens (tertiary/aromatic N) is 1.